The highest BCUT2D eigenvalue weighted by Gasteiger charge is 2.33. The monoisotopic (exact) mass is 276 g/mol. The van der Waals surface area contributed by atoms with E-state index < -0.39 is 17.6 Å². The van der Waals surface area contributed by atoms with Crippen LogP contribution in [0.3, 0.4) is 0 Å². The van der Waals surface area contributed by atoms with Gasteiger partial charge in [-0.05, 0) is 30.5 Å². The first-order valence-corrected chi connectivity index (χ1v) is 6.19. The molecule has 2 unspecified atom stereocenters. The Hall–Kier alpha value is -2.43. The van der Waals surface area contributed by atoms with Gasteiger partial charge in [0, 0.05) is 12.1 Å². The third-order valence-corrected chi connectivity index (χ3v) is 3.40. The fraction of sp³-hybridized carbons (Fsp3) is 0.267. The minimum atomic E-state index is -0.861. The maximum absolute atomic E-state index is 12.5. The number of hydrogen-bond acceptors (Lipinski definition) is 5. The highest BCUT2D eigenvalue weighted by molar-refractivity contribution is 6.03. The van der Waals surface area contributed by atoms with E-state index in [2.05, 4.69) is 0 Å². The van der Waals surface area contributed by atoms with Crippen molar-refractivity contribution in [1.29, 1.82) is 0 Å². The zero-order chi connectivity index (χ0) is 15.0. The average molecular weight is 276 g/mol. The number of Topliss-reactive ketones (excluding diaryl/α,β-unsaturated/α-hetero) is 1. The van der Waals surface area contributed by atoms with Crippen molar-refractivity contribution in [2.45, 2.75) is 13.8 Å². The second kappa shape index (κ2) is 4.92. The number of aliphatic hydroxyl groups excluding tert-OH is 2. The van der Waals surface area contributed by atoms with Crippen molar-refractivity contribution in [1.82, 2.24) is 0 Å². The minimum absolute atomic E-state index is 0.0642. The summed E-state index contributed by atoms with van der Waals surface area (Å²) < 4.78 is 0. The van der Waals surface area contributed by atoms with Crippen LogP contribution in [0, 0.1) is 18.8 Å². The van der Waals surface area contributed by atoms with Gasteiger partial charge in [-0.3, -0.25) is 4.79 Å². The second-order valence-electron chi connectivity index (χ2n) is 5.02. The van der Waals surface area contributed by atoms with Crippen molar-refractivity contribution in [3.8, 4) is 11.5 Å². The Labute approximate surface area is 116 Å². The fourth-order valence-electron chi connectivity index (χ4n) is 2.52. The largest absolute Gasteiger partial charge is 0.511 e. The summed E-state index contributed by atoms with van der Waals surface area (Å²) in [5.74, 6) is -2.51. The fourth-order valence-corrected chi connectivity index (χ4v) is 2.52. The van der Waals surface area contributed by atoms with Crippen molar-refractivity contribution in [3.63, 3.8) is 0 Å². The van der Waals surface area contributed by atoms with Gasteiger partial charge in [-0.15, -0.1) is 0 Å². The topological polar surface area (TPSA) is 98.0 Å². The number of rotatable bonds is 2. The van der Waals surface area contributed by atoms with Gasteiger partial charge in [-0.1, -0.05) is 6.92 Å². The molecule has 0 fully saturated rings. The Morgan fingerprint density at radius 3 is 2.35 bits per heavy atom. The minimum Gasteiger partial charge on any atom is -0.511 e. The van der Waals surface area contributed by atoms with Gasteiger partial charge in [0.2, 0.25) is 0 Å². The first-order chi connectivity index (χ1) is 9.31. The van der Waals surface area contributed by atoms with Gasteiger partial charge in [0.05, 0.1) is 11.5 Å². The number of phenols is 2. The van der Waals surface area contributed by atoms with Crippen LogP contribution in [0.4, 0.5) is 0 Å². The number of aliphatic hydroxyl groups is 2. The van der Waals surface area contributed by atoms with Crippen molar-refractivity contribution in [3.05, 3.63) is 46.9 Å². The molecule has 5 heteroatoms. The molecule has 1 aromatic carbocycles. The predicted octanol–water partition coefficient (Wildman–Crippen LogP) is 2.74. The molecule has 0 heterocycles. The van der Waals surface area contributed by atoms with Crippen molar-refractivity contribution >= 4 is 5.78 Å². The van der Waals surface area contributed by atoms with Crippen LogP contribution < -0.4 is 0 Å². The van der Waals surface area contributed by atoms with E-state index in [1.807, 2.05) is 0 Å². The Balaban J connectivity index is 2.46. The maximum Gasteiger partial charge on any atom is 0.178 e. The van der Waals surface area contributed by atoms with Gasteiger partial charge in [-0.25, -0.2) is 0 Å². The molecule has 2 rings (SSSR count). The summed E-state index contributed by atoms with van der Waals surface area (Å²) in [5.41, 5.74) is 0.487. The maximum atomic E-state index is 12.5. The number of allylic oxidation sites excluding steroid dienone is 3. The molecule has 0 spiro atoms. The summed E-state index contributed by atoms with van der Waals surface area (Å²) in [5, 5.41) is 38.5. The molecule has 106 valence electrons. The predicted molar refractivity (Wildman–Crippen MR) is 72.9 cm³/mol. The molecular weight excluding hydrogens is 260 g/mol. The van der Waals surface area contributed by atoms with Gasteiger partial charge in [0.15, 0.2) is 5.78 Å². The van der Waals surface area contributed by atoms with Crippen LogP contribution >= 0.6 is 0 Å². The third kappa shape index (κ3) is 2.34. The van der Waals surface area contributed by atoms with Crippen LogP contribution in [0.5, 0.6) is 11.5 Å². The molecule has 0 saturated carbocycles. The molecule has 1 aliphatic rings. The Kier molecular flexibility index (Phi) is 3.44. The van der Waals surface area contributed by atoms with Gasteiger partial charge in [-0.2, -0.15) is 0 Å². The number of benzene rings is 1. The van der Waals surface area contributed by atoms with E-state index in [1.165, 1.54) is 12.1 Å². The smallest absolute Gasteiger partial charge is 0.178 e. The van der Waals surface area contributed by atoms with Crippen molar-refractivity contribution in [2.24, 2.45) is 11.8 Å². The molecule has 0 bridgehead atoms. The molecule has 0 radical (unpaired) electrons. The SMILES string of the molecule is Cc1cc(O)cc(O)c1C(=O)C1C(O)=CC(O)=CC1C. The lowest BCUT2D eigenvalue weighted by atomic mass is 9.81. The second-order valence-corrected chi connectivity index (χ2v) is 5.02. The Morgan fingerprint density at radius 2 is 1.80 bits per heavy atom. The zero-order valence-corrected chi connectivity index (χ0v) is 11.2. The molecule has 0 aliphatic heterocycles. The number of ketones is 1. The van der Waals surface area contributed by atoms with E-state index >= 15 is 0 Å². The van der Waals surface area contributed by atoms with Crippen LogP contribution in [0.15, 0.2) is 35.8 Å². The normalized spacial score (nSPS) is 22.1. The van der Waals surface area contributed by atoms with Crippen LogP contribution in [-0.2, 0) is 0 Å². The number of aromatic hydroxyl groups is 2. The summed E-state index contributed by atoms with van der Waals surface area (Å²) in [4.78, 5) is 12.5. The highest BCUT2D eigenvalue weighted by atomic mass is 16.3. The van der Waals surface area contributed by atoms with Crippen molar-refractivity contribution in [2.75, 3.05) is 0 Å². The molecule has 0 aromatic heterocycles. The third-order valence-electron chi connectivity index (χ3n) is 3.40. The first kappa shape index (κ1) is 14.0. The van der Waals surface area contributed by atoms with E-state index in [9.17, 15) is 25.2 Å². The zero-order valence-electron chi connectivity index (χ0n) is 11.2. The number of phenolic OH excluding ortho intramolecular Hbond substituents is 2. The molecule has 4 N–H and O–H groups in total. The summed E-state index contributed by atoms with van der Waals surface area (Å²) in [7, 11) is 0. The molecule has 1 aliphatic carbocycles. The van der Waals surface area contributed by atoms with Gasteiger partial charge in [0.25, 0.3) is 0 Å². The summed E-state index contributed by atoms with van der Waals surface area (Å²) in [6.07, 6.45) is 2.59. The van der Waals surface area contributed by atoms with E-state index in [0.717, 1.165) is 12.1 Å². The lowest BCUT2D eigenvalue weighted by molar-refractivity contribution is 0.0879. The van der Waals surface area contributed by atoms with E-state index in [0.29, 0.717) is 5.56 Å². The van der Waals surface area contributed by atoms with E-state index in [-0.39, 0.29) is 28.6 Å². The van der Waals surface area contributed by atoms with Crippen LogP contribution in [-0.4, -0.2) is 26.2 Å². The summed E-state index contributed by atoms with van der Waals surface area (Å²) in [6.45, 7) is 3.28. The van der Waals surface area contributed by atoms with Crippen LogP contribution in [0.25, 0.3) is 0 Å². The quantitative estimate of drug-likeness (QED) is 0.623. The molecule has 1 aromatic rings. The number of aryl methyl sites for hydroxylation is 1. The van der Waals surface area contributed by atoms with Crippen molar-refractivity contribution < 1.29 is 25.2 Å². The summed E-state index contributed by atoms with van der Waals surface area (Å²) >= 11 is 0. The lowest BCUT2D eigenvalue weighted by Gasteiger charge is -2.24. The number of hydrogen-bond donors (Lipinski definition) is 4. The van der Waals surface area contributed by atoms with Crippen LogP contribution in [0.1, 0.15) is 22.8 Å². The van der Waals surface area contributed by atoms with Gasteiger partial charge in [0.1, 0.15) is 23.0 Å². The first-order valence-electron chi connectivity index (χ1n) is 6.19. The van der Waals surface area contributed by atoms with Gasteiger partial charge >= 0.3 is 0 Å². The molecule has 2 atom stereocenters. The Bertz CT molecular complexity index is 604. The van der Waals surface area contributed by atoms with E-state index in [4.69, 9.17) is 0 Å². The van der Waals surface area contributed by atoms with Gasteiger partial charge < -0.3 is 20.4 Å². The van der Waals surface area contributed by atoms with Crippen LogP contribution in [0.2, 0.25) is 0 Å². The molecule has 0 saturated heterocycles. The standard InChI is InChI=1S/C15H16O5/c1-7-3-9(16)5-11(18)13(7)15(20)14-8(2)4-10(17)6-12(14)19/h3-7,13,16-19H,1-2H3. The number of carbonyl (C=O) groups excluding carboxylic acids is 1. The lowest BCUT2D eigenvalue weighted by Crippen LogP contribution is -2.26. The molecule has 20 heavy (non-hydrogen) atoms. The van der Waals surface area contributed by atoms with E-state index in [1.54, 1.807) is 13.8 Å². The molecule has 5 nitrogen and oxygen atoms in total. The number of carbonyl (C=O) groups is 1. The summed E-state index contributed by atoms with van der Waals surface area (Å²) in [6, 6.07) is 2.45. The molecular formula is C15H16O5. The Morgan fingerprint density at radius 1 is 1.15 bits per heavy atom. The average Bonchev–Trinajstić information content (AvgIpc) is 2.25. The molecule has 0 amide bonds. The highest BCUT2D eigenvalue weighted by Crippen LogP contribution is 2.35.